The summed E-state index contributed by atoms with van der Waals surface area (Å²) in [6.45, 7) is 12.7. The van der Waals surface area contributed by atoms with Gasteiger partial charge >= 0.3 is 0 Å². The Hall–Kier alpha value is -0.0800. The monoisotopic (exact) mass is 240 g/mol. The van der Waals surface area contributed by atoms with Gasteiger partial charge in [-0.3, -0.25) is 0 Å². The van der Waals surface area contributed by atoms with Gasteiger partial charge in [-0.15, -0.1) is 0 Å². The smallest absolute Gasteiger partial charge is 0.0119 e. The molecule has 0 aliphatic carbocycles. The zero-order chi connectivity index (χ0) is 12.8. The number of hydrogen-bond donors (Lipinski definition) is 1. The van der Waals surface area contributed by atoms with Crippen LogP contribution in [0.3, 0.4) is 0 Å². The number of likely N-dealkylation sites (tertiary alicyclic amines) is 1. The van der Waals surface area contributed by atoms with Crippen LogP contribution in [0.2, 0.25) is 0 Å². The number of hydrogen-bond acceptors (Lipinski definition) is 2. The lowest BCUT2D eigenvalue weighted by Gasteiger charge is -2.29. The van der Waals surface area contributed by atoms with Crippen molar-refractivity contribution in [2.24, 2.45) is 23.5 Å². The van der Waals surface area contributed by atoms with Crippen LogP contribution in [0, 0.1) is 17.8 Å². The first-order valence-corrected chi connectivity index (χ1v) is 7.48. The van der Waals surface area contributed by atoms with Crippen molar-refractivity contribution in [2.75, 3.05) is 19.6 Å². The van der Waals surface area contributed by atoms with Gasteiger partial charge in [0, 0.05) is 6.04 Å². The molecule has 1 rings (SSSR count). The molecule has 0 aromatic heterocycles. The summed E-state index contributed by atoms with van der Waals surface area (Å²) in [7, 11) is 0. The minimum absolute atomic E-state index is 0.725. The summed E-state index contributed by atoms with van der Waals surface area (Å²) in [5.41, 5.74) is 5.88. The summed E-state index contributed by atoms with van der Waals surface area (Å²) in [4.78, 5) is 2.70. The van der Waals surface area contributed by atoms with Crippen molar-refractivity contribution in [3.8, 4) is 0 Å². The van der Waals surface area contributed by atoms with Gasteiger partial charge in [-0.1, -0.05) is 27.7 Å². The molecule has 1 heterocycles. The molecule has 0 aromatic rings. The fraction of sp³-hybridized carbons (Fsp3) is 1.00. The molecule has 1 saturated heterocycles. The van der Waals surface area contributed by atoms with Crippen LogP contribution in [0.1, 0.15) is 53.4 Å². The highest BCUT2D eigenvalue weighted by atomic mass is 15.2. The van der Waals surface area contributed by atoms with Crippen LogP contribution in [-0.4, -0.2) is 30.6 Å². The van der Waals surface area contributed by atoms with Crippen LogP contribution in [-0.2, 0) is 0 Å². The number of nitrogens with zero attached hydrogens (tertiary/aromatic N) is 1. The molecule has 1 fully saturated rings. The Morgan fingerprint density at radius 1 is 1.24 bits per heavy atom. The van der Waals surface area contributed by atoms with Crippen molar-refractivity contribution >= 4 is 0 Å². The van der Waals surface area contributed by atoms with E-state index in [1.807, 2.05) is 0 Å². The van der Waals surface area contributed by atoms with Crippen LogP contribution >= 0.6 is 0 Å². The molecule has 2 atom stereocenters. The molecule has 1 aliphatic heterocycles. The van der Waals surface area contributed by atoms with E-state index in [9.17, 15) is 0 Å². The Morgan fingerprint density at radius 3 is 2.47 bits per heavy atom. The highest BCUT2D eigenvalue weighted by Crippen LogP contribution is 2.25. The third-order valence-corrected chi connectivity index (χ3v) is 4.15. The van der Waals surface area contributed by atoms with Crippen molar-refractivity contribution < 1.29 is 0 Å². The lowest BCUT2D eigenvalue weighted by molar-refractivity contribution is 0.189. The second kappa shape index (κ2) is 7.38. The topological polar surface area (TPSA) is 29.3 Å². The molecule has 0 spiro atoms. The van der Waals surface area contributed by atoms with Crippen molar-refractivity contribution in [1.29, 1.82) is 0 Å². The minimum Gasteiger partial charge on any atom is -0.330 e. The largest absolute Gasteiger partial charge is 0.330 e. The molecule has 0 aromatic carbocycles. The molecule has 2 unspecified atom stereocenters. The minimum atomic E-state index is 0.725. The standard InChI is InChI=1S/C15H32N2/c1-12(2)10-14(11-16)7-9-17-8-5-6-15(17)13(3)4/h12-15H,5-11,16H2,1-4H3. The average Bonchev–Trinajstić information content (AvgIpc) is 2.71. The van der Waals surface area contributed by atoms with Crippen LogP contribution in [0.25, 0.3) is 0 Å². The molecular weight excluding hydrogens is 208 g/mol. The Morgan fingerprint density at radius 2 is 1.94 bits per heavy atom. The van der Waals surface area contributed by atoms with Crippen LogP contribution in [0.4, 0.5) is 0 Å². The van der Waals surface area contributed by atoms with Gasteiger partial charge in [-0.05, 0) is 63.1 Å². The Labute approximate surface area is 108 Å². The van der Waals surface area contributed by atoms with E-state index in [1.165, 1.54) is 38.8 Å². The third-order valence-electron chi connectivity index (χ3n) is 4.15. The second-order valence-corrected chi connectivity index (χ2v) is 6.51. The summed E-state index contributed by atoms with van der Waals surface area (Å²) in [6, 6.07) is 0.826. The van der Waals surface area contributed by atoms with Crippen molar-refractivity contribution in [2.45, 2.75) is 59.4 Å². The fourth-order valence-corrected chi connectivity index (χ4v) is 3.23. The summed E-state index contributed by atoms with van der Waals surface area (Å²) < 4.78 is 0. The highest BCUT2D eigenvalue weighted by molar-refractivity contribution is 4.82. The molecular formula is C15H32N2. The molecule has 0 bridgehead atoms. The summed E-state index contributed by atoms with van der Waals surface area (Å²) in [5.74, 6) is 2.31. The Bertz CT molecular complexity index is 201. The molecule has 2 nitrogen and oxygen atoms in total. The molecule has 0 saturated carbocycles. The van der Waals surface area contributed by atoms with Gasteiger partial charge in [0.2, 0.25) is 0 Å². The lowest BCUT2D eigenvalue weighted by atomic mass is 9.93. The maximum absolute atomic E-state index is 5.88. The second-order valence-electron chi connectivity index (χ2n) is 6.51. The van der Waals surface area contributed by atoms with Gasteiger partial charge in [-0.2, -0.15) is 0 Å². The fourth-order valence-electron chi connectivity index (χ4n) is 3.23. The predicted octanol–water partition coefficient (Wildman–Crippen LogP) is 3.12. The van der Waals surface area contributed by atoms with Gasteiger partial charge in [0.15, 0.2) is 0 Å². The third kappa shape index (κ3) is 4.97. The molecule has 102 valence electrons. The first kappa shape index (κ1) is 15.0. The summed E-state index contributed by atoms with van der Waals surface area (Å²) >= 11 is 0. The Kier molecular flexibility index (Phi) is 6.50. The van der Waals surface area contributed by atoms with Crippen LogP contribution in [0.5, 0.6) is 0 Å². The van der Waals surface area contributed by atoms with E-state index in [1.54, 1.807) is 0 Å². The molecule has 0 radical (unpaired) electrons. The first-order chi connectivity index (χ1) is 8.04. The van der Waals surface area contributed by atoms with E-state index < -0.39 is 0 Å². The number of rotatable bonds is 7. The average molecular weight is 240 g/mol. The molecule has 2 heteroatoms. The molecule has 0 amide bonds. The molecule has 1 aliphatic rings. The van der Waals surface area contributed by atoms with Crippen LogP contribution in [0.15, 0.2) is 0 Å². The first-order valence-electron chi connectivity index (χ1n) is 7.48. The zero-order valence-electron chi connectivity index (χ0n) is 12.3. The van der Waals surface area contributed by atoms with Gasteiger partial charge in [-0.25, -0.2) is 0 Å². The Balaban J connectivity index is 2.32. The van der Waals surface area contributed by atoms with Crippen LogP contribution < -0.4 is 5.73 Å². The summed E-state index contributed by atoms with van der Waals surface area (Å²) in [6.07, 6.45) is 5.37. The van der Waals surface area contributed by atoms with E-state index >= 15 is 0 Å². The normalized spacial score (nSPS) is 23.8. The maximum Gasteiger partial charge on any atom is 0.0119 e. The van der Waals surface area contributed by atoms with E-state index in [0.717, 1.165) is 30.3 Å². The van der Waals surface area contributed by atoms with Gasteiger partial charge < -0.3 is 10.6 Å². The lowest BCUT2D eigenvalue weighted by Crippen LogP contribution is -2.35. The quantitative estimate of drug-likeness (QED) is 0.741. The van der Waals surface area contributed by atoms with Gasteiger partial charge in [0.05, 0.1) is 0 Å². The maximum atomic E-state index is 5.88. The van der Waals surface area contributed by atoms with E-state index in [2.05, 4.69) is 32.6 Å². The highest BCUT2D eigenvalue weighted by Gasteiger charge is 2.26. The summed E-state index contributed by atoms with van der Waals surface area (Å²) in [5, 5.41) is 0. The zero-order valence-corrected chi connectivity index (χ0v) is 12.3. The van der Waals surface area contributed by atoms with E-state index in [4.69, 9.17) is 5.73 Å². The van der Waals surface area contributed by atoms with Crippen molar-refractivity contribution in [1.82, 2.24) is 4.90 Å². The predicted molar refractivity (Wildman–Crippen MR) is 76.0 cm³/mol. The SMILES string of the molecule is CC(C)CC(CN)CCN1CCCC1C(C)C. The van der Waals surface area contributed by atoms with Crippen molar-refractivity contribution in [3.63, 3.8) is 0 Å². The van der Waals surface area contributed by atoms with Gasteiger partial charge in [0.25, 0.3) is 0 Å². The molecule has 17 heavy (non-hydrogen) atoms. The van der Waals surface area contributed by atoms with Crippen molar-refractivity contribution in [3.05, 3.63) is 0 Å². The molecule has 2 N–H and O–H groups in total. The van der Waals surface area contributed by atoms with Gasteiger partial charge in [0.1, 0.15) is 0 Å². The van der Waals surface area contributed by atoms with E-state index in [-0.39, 0.29) is 0 Å². The number of nitrogens with two attached hydrogens (primary N) is 1. The van der Waals surface area contributed by atoms with E-state index in [0.29, 0.717) is 0 Å².